The van der Waals surface area contributed by atoms with Crippen molar-refractivity contribution in [2.75, 3.05) is 11.9 Å². The summed E-state index contributed by atoms with van der Waals surface area (Å²) in [5, 5.41) is 12.1. The maximum atomic E-state index is 12.9. The predicted molar refractivity (Wildman–Crippen MR) is 144 cm³/mol. The zero-order valence-electron chi connectivity index (χ0n) is 21.6. The van der Waals surface area contributed by atoms with Crippen LogP contribution in [0.15, 0.2) is 60.8 Å². The molecule has 0 saturated heterocycles. The largest absolute Gasteiger partial charge is 0.481 e. The van der Waals surface area contributed by atoms with Gasteiger partial charge < -0.3 is 15.2 Å². The Balaban J connectivity index is 1.61. The number of nitrogens with zero attached hydrogens (tertiary/aromatic N) is 1. The summed E-state index contributed by atoms with van der Waals surface area (Å²) in [5.74, 6) is -0.418. The molecule has 0 saturated carbocycles. The van der Waals surface area contributed by atoms with Gasteiger partial charge in [0.05, 0.1) is 11.6 Å². The van der Waals surface area contributed by atoms with Gasteiger partial charge in [0.1, 0.15) is 6.61 Å². The van der Waals surface area contributed by atoms with Crippen LogP contribution in [0, 0.1) is 5.92 Å². The molecule has 1 heterocycles. The van der Waals surface area contributed by atoms with Gasteiger partial charge in [0.2, 0.25) is 5.88 Å². The van der Waals surface area contributed by atoms with E-state index in [9.17, 15) is 22.8 Å². The van der Waals surface area contributed by atoms with Crippen LogP contribution < -0.4 is 10.1 Å². The molecule has 0 spiro atoms. The predicted octanol–water partition coefficient (Wildman–Crippen LogP) is 7.76. The van der Waals surface area contributed by atoms with Gasteiger partial charge in [0.25, 0.3) is 0 Å². The summed E-state index contributed by atoms with van der Waals surface area (Å²) in [7, 11) is 0. The first-order valence-electron chi connectivity index (χ1n) is 12.6. The Labute approximate surface area is 230 Å². The number of ketones is 1. The molecule has 0 amide bonds. The minimum atomic E-state index is -4.47. The number of rotatable bonds is 13. The molecule has 0 fully saturated rings. The molecule has 0 radical (unpaired) electrons. The Morgan fingerprint density at radius 3 is 2.36 bits per heavy atom. The van der Waals surface area contributed by atoms with Gasteiger partial charge in [-0.3, -0.25) is 9.59 Å². The lowest BCUT2D eigenvalue weighted by molar-refractivity contribution is -0.138. The van der Waals surface area contributed by atoms with Gasteiger partial charge in [-0.2, -0.15) is 13.2 Å². The lowest BCUT2D eigenvalue weighted by Gasteiger charge is -2.25. The summed E-state index contributed by atoms with van der Waals surface area (Å²) in [5.41, 5.74) is 1.53. The summed E-state index contributed by atoms with van der Waals surface area (Å²) in [6.07, 6.45) is -1.64. The van der Waals surface area contributed by atoms with E-state index in [0.29, 0.717) is 35.6 Å². The standard InChI is InChI=1S/C29H30ClF3N2O4/c1-3-18(2)25(35-22-11-7-19(8-12-22)26(36)5-4-6-28(37)38)17-39-27-14-9-20(16-34-27)23-13-10-21(15-24(23)30)29(31,32)33/h7-16,18,25,35H,3-6,17H2,1-2H3,(H,37,38)/t18-,25+/m0/s1. The van der Waals surface area contributed by atoms with E-state index in [1.54, 1.807) is 36.4 Å². The molecular formula is C29H30ClF3N2O4. The second-order valence-electron chi connectivity index (χ2n) is 9.27. The first-order valence-corrected chi connectivity index (χ1v) is 12.9. The van der Waals surface area contributed by atoms with Gasteiger partial charge in [-0.05, 0) is 54.8 Å². The molecule has 0 bridgehead atoms. The average Bonchev–Trinajstić information content (AvgIpc) is 2.90. The Bertz CT molecular complexity index is 1270. The van der Waals surface area contributed by atoms with Gasteiger partial charge >= 0.3 is 12.1 Å². The number of aromatic nitrogens is 1. The fourth-order valence-corrected chi connectivity index (χ4v) is 4.16. The Kier molecular flexibility index (Phi) is 10.3. The number of alkyl halides is 3. The van der Waals surface area contributed by atoms with Crippen LogP contribution in [0.2, 0.25) is 5.02 Å². The van der Waals surface area contributed by atoms with Crippen LogP contribution >= 0.6 is 11.6 Å². The molecule has 3 rings (SSSR count). The van der Waals surface area contributed by atoms with E-state index in [1.807, 2.05) is 0 Å². The van der Waals surface area contributed by atoms with Crippen LogP contribution in [-0.4, -0.2) is 34.5 Å². The molecule has 208 valence electrons. The molecule has 2 N–H and O–H groups in total. The zero-order chi connectivity index (χ0) is 28.6. The van der Waals surface area contributed by atoms with Crippen molar-refractivity contribution in [1.82, 2.24) is 4.98 Å². The molecule has 0 aliphatic rings. The van der Waals surface area contributed by atoms with Crippen molar-refractivity contribution < 1.29 is 32.6 Å². The third kappa shape index (κ3) is 8.71. The number of pyridine rings is 1. The quantitative estimate of drug-likeness (QED) is 0.207. The van der Waals surface area contributed by atoms with E-state index in [1.165, 1.54) is 12.3 Å². The van der Waals surface area contributed by atoms with Crippen LogP contribution in [0.3, 0.4) is 0 Å². The number of nitrogens with one attached hydrogen (secondary N) is 1. The normalized spacial score (nSPS) is 13.0. The summed E-state index contributed by atoms with van der Waals surface area (Å²) < 4.78 is 44.7. The highest BCUT2D eigenvalue weighted by Crippen LogP contribution is 2.35. The number of carboxylic acids is 1. The number of ether oxygens (including phenoxy) is 1. The molecule has 39 heavy (non-hydrogen) atoms. The van der Waals surface area contributed by atoms with Crippen molar-refractivity contribution in [2.45, 2.75) is 51.7 Å². The number of benzene rings is 2. The van der Waals surface area contributed by atoms with Crippen LogP contribution in [0.4, 0.5) is 18.9 Å². The lowest BCUT2D eigenvalue weighted by Crippen LogP contribution is -2.33. The lowest BCUT2D eigenvalue weighted by atomic mass is 9.99. The van der Waals surface area contributed by atoms with Crippen LogP contribution in [-0.2, 0) is 11.0 Å². The highest BCUT2D eigenvalue weighted by Gasteiger charge is 2.31. The minimum Gasteiger partial charge on any atom is -0.481 e. The summed E-state index contributed by atoms with van der Waals surface area (Å²) in [4.78, 5) is 27.2. The topological polar surface area (TPSA) is 88.5 Å². The van der Waals surface area contributed by atoms with Gasteiger partial charge in [-0.15, -0.1) is 0 Å². The van der Waals surface area contributed by atoms with Crippen molar-refractivity contribution in [2.24, 2.45) is 5.92 Å². The maximum absolute atomic E-state index is 12.9. The number of halogens is 4. The summed E-state index contributed by atoms with van der Waals surface area (Å²) >= 11 is 6.09. The fourth-order valence-electron chi connectivity index (χ4n) is 3.87. The van der Waals surface area contributed by atoms with E-state index >= 15 is 0 Å². The van der Waals surface area contributed by atoms with Crippen molar-refractivity contribution in [3.63, 3.8) is 0 Å². The molecule has 3 aromatic rings. The van der Waals surface area contributed by atoms with Gasteiger partial charge in [0, 0.05) is 52.5 Å². The zero-order valence-corrected chi connectivity index (χ0v) is 22.4. The van der Waals surface area contributed by atoms with E-state index in [4.69, 9.17) is 21.4 Å². The molecule has 2 aromatic carbocycles. The molecular weight excluding hydrogens is 533 g/mol. The van der Waals surface area contributed by atoms with Crippen molar-refractivity contribution in [3.8, 4) is 17.0 Å². The monoisotopic (exact) mass is 562 g/mol. The summed E-state index contributed by atoms with van der Waals surface area (Å²) in [6.45, 7) is 4.46. The molecule has 0 aliphatic heterocycles. The number of hydrogen-bond acceptors (Lipinski definition) is 5. The summed E-state index contributed by atoms with van der Waals surface area (Å²) in [6, 6.07) is 13.5. The van der Waals surface area contributed by atoms with Crippen molar-refractivity contribution in [1.29, 1.82) is 0 Å². The number of aliphatic carboxylic acids is 1. The molecule has 1 aromatic heterocycles. The highest BCUT2D eigenvalue weighted by molar-refractivity contribution is 6.33. The Hall–Kier alpha value is -3.59. The number of hydrogen-bond donors (Lipinski definition) is 2. The van der Waals surface area contributed by atoms with Crippen LogP contribution in [0.5, 0.6) is 5.88 Å². The van der Waals surface area contributed by atoms with E-state index in [2.05, 4.69) is 24.1 Å². The first-order chi connectivity index (χ1) is 18.5. The third-order valence-electron chi connectivity index (χ3n) is 6.44. The van der Waals surface area contributed by atoms with E-state index < -0.39 is 17.7 Å². The van der Waals surface area contributed by atoms with Crippen molar-refractivity contribution >= 4 is 29.0 Å². The van der Waals surface area contributed by atoms with Gasteiger partial charge in [0.15, 0.2) is 5.78 Å². The second kappa shape index (κ2) is 13.5. The Morgan fingerprint density at radius 2 is 1.79 bits per heavy atom. The fraction of sp³-hybridized carbons (Fsp3) is 0.345. The smallest absolute Gasteiger partial charge is 0.416 e. The van der Waals surface area contributed by atoms with Gasteiger partial charge in [-0.1, -0.05) is 37.9 Å². The SMILES string of the molecule is CC[C@H](C)[C@@H](COc1ccc(-c2ccc(C(F)(F)F)cc2Cl)cn1)Nc1ccc(C(=O)CCCC(=O)O)cc1. The number of carbonyl (C=O) groups excluding carboxylic acids is 1. The maximum Gasteiger partial charge on any atom is 0.416 e. The van der Waals surface area contributed by atoms with E-state index in [-0.39, 0.29) is 35.6 Å². The number of Topliss-reactive ketones (excluding diaryl/α,β-unsaturated/α-hetero) is 1. The van der Waals surface area contributed by atoms with Crippen LogP contribution in [0.25, 0.3) is 11.1 Å². The average molecular weight is 563 g/mol. The molecule has 0 unspecified atom stereocenters. The first kappa shape index (κ1) is 30.0. The van der Waals surface area contributed by atoms with E-state index in [0.717, 1.165) is 24.2 Å². The molecule has 6 nitrogen and oxygen atoms in total. The number of anilines is 1. The molecule has 2 atom stereocenters. The molecule has 10 heteroatoms. The number of carbonyl (C=O) groups is 2. The highest BCUT2D eigenvalue weighted by atomic mass is 35.5. The Morgan fingerprint density at radius 1 is 1.08 bits per heavy atom. The minimum absolute atomic E-state index is 0.0192. The second-order valence-corrected chi connectivity index (χ2v) is 9.68. The number of carboxylic acid groups (broad SMARTS) is 1. The van der Waals surface area contributed by atoms with Gasteiger partial charge in [-0.25, -0.2) is 4.98 Å². The van der Waals surface area contributed by atoms with Crippen molar-refractivity contribution in [3.05, 3.63) is 76.9 Å². The third-order valence-corrected chi connectivity index (χ3v) is 6.75. The molecule has 0 aliphatic carbocycles. The van der Waals surface area contributed by atoms with Crippen LogP contribution in [0.1, 0.15) is 55.5 Å².